The lowest BCUT2D eigenvalue weighted by Crippen LogP contribution is -2.18. The molecule has 0 aliphatic heterocycles. The first-order valence-corrected chi connectivity index (χ1v) is 10.2. The summed E-state index contributed by atoms with van der Waals surface area (Å²) in [6.07, 6.45) is 4.28. The molecule has 0 aliphatic carbocycles. The summed E-state index contributed by atoms with van der Waals surface area (Å²) >= 11 is 0. The monoisotopic (exact) mass is 435 g/mol. The van der Waals surface area contributed by atoms with Gasteiger partial charge in [-0.25, -0.2) is 9.78 Å². The number of aromatic amines is 1. The highest BCUT2D eigenvalue weighted by atomic mass is 16.5. The van der Waals surface area contributed by atoms with Gasteiger partial charge in [-0.3, -0.25) is 4.79 Å². The van der Waals surface area contributed by atoms with Crippen LogP contribution in [0.25, 0.3) is 21.9 Å². The first-order chi connectivity index (χ1) is 15.5. The quantitative estimate of drug-likeness (QED) is 0.365. The van der Waals surface area contributed by atoms with E-state index >= 15 is 0 Å². The Morgan fingerprint density at radius 1 is 1.22 bits per heavy atom. The number of aryl methyl sites for hydroxylation is 2. The van der Waals surface area contributed by atoms with E-state index < -0.39 is 5.97 Å². The van der Waals surface area contributed by atoms with E-state index in [2.05, 4.69) is 21.4 Å². The summed E-state index contributed by atoms with van der Waals surface area (Å²) in [5, 5.41) is 4.53. The van der Waals surface area contributed by atoms with Crippen LogP contribution in [-0.2, 0) is 27.2 Å². The Balaban J connectivity index is 1.78. The summed E-state index contributed by atoms with van der Waals surface area (Å²) in [5.74, 6) is -0.849. The van der Waals surface area contributed by atoms with Gasteiger partial charge in [0.1, 0.15) is 5.65 Å². The number of carbonyl (C=O) groups excluding carboxylic acids is 2. The number of fused-ring (bicyclic) bond motifs is 2. The van der Waals surface area contributed by atoms with Crippen LogP contribution in [-0.4, -0.2) is 47.2 Å². The number of aromatic nitrogens is 3. The zero-order valence-corrected chi connectivity index (χ0v) is 18.0. The Bertz CT molecular complexity index is 1290. The molecule has 0 saturated carbocycles. The highest BCUT2D eigenvalue weighted by Crippen LogP contribution is 2.33. The van der Waals surface area contributed by atoms with Gasteiger partial charge in [0.05, 0.1) is 37.7 Å². The average Bonchev–Trinajstić information content (AvgIpc) is 3.34. The van der Waals surface area contributed by atoms with Crippen LogP contribution in [0.15, 0.2) is 42.7 Å². The molecule has 0 atom stereocenters. The Kier molecular flexibility index (Phi) is 6.09. The van der Waals surface area contributed by atoms with Gasteiger partial charge in [0.2, 0.25) is 5.91 Å². The number of methoxy groups -OCH3 is 2. The smallest absolute Gasteiger partial charge is 0.356 e. The van der Waals surface area contributed by atoms with Crippen LogP contribution in [0.1, 0.15) is 22.5 Å². The number of nitrogens with two attached hydrogens (primary N) is 1. The van der Waals surface area contributed by atoms with Crippen LogP contribution in [0, 0.1) is 0 Å². The number of ether oxygens (including phenoxy) is 2. The molecule has 3 heterocycles. The summed E-state index contributed by atoms with van der Waals surface area (Å²) < 4.78 is 11.8. The number of pyridine rings is 1. The van der Waals surface area contributed by atoms with E-state index in [0.717, 1.165) is 16.5 Å². The molecule has 4 N–H and O–H groups in total. The van der Waals surface area contributed by atoms with E-state index in [1.165, 1.54) is 20.4 Å². The molecular weight excluding hydrogens is 410 g/mol. The molecule has 0 saturated heterocycles. The predicted molar refractivity (Wildman–Crippen MR) is 123 cm³/mol. The largest absolute Gasteiger partial charge is 0.464 e. The molecule has 32 heavy (non-hydrogen) atoms. The van der Waals surface area contributed by atoms with Crippen molar-refractivity contribution in [3.05, 3.63) is 54.0 Å². The van der Waals surface area contributed by atoms with E-state index in [4.69, 9.17) is 15.2 Å². The number of nitrogens with one attached hydrogen (secondary N) is 2. The molecule has 9 heteroatoms. The van der Waals surface area contributed by atoms with Crippen LogP contribution < -0.4 is 11.1 Å². The fourth-order valence-electron chi connectivity index (χ4n) is 3.86. The number of nitrogens with zero attached hydrogens (tertiary/aromatic N) is 2. The van der Waals surface area contributed by atoms with E-state index in [1.807, 2.05) is 24.4 Å². The standard InChI is InChI=1S/C23H25N5O4/c1-31-10-8-19(29)27-20-17-11-15(24)13-26-22(17)28(21(20)23(30)32-2)9-7-14-12-25-18-6-4-3-5-16(14)18/h3-6,11-13,25H,7-10,24H2,1-2H3,(H,27,29). The molecular formula is C23H25N5O4. The Labute approximate surface area is 184 Å². The molecule has 0 aliphatic rings. The zero-order chi connectivity index (χ0) is 22.7. The highest BCUT2D eigenvalue weighted by molar-refractivity contribution is 6.11. The molecule has 4 rings (SSSR count). The second-order valence-corrected chi connectivity index (χ2v) is 7.41. The maximum atomic E-state index is 12.8. The number of anilines is 2. The van der Waals surface area contributed by atoms with Crippen molar-refractivity contribution < 1.29 is 19.1 Å². The van der Waals surface area contributed by atoms with Gasteiger partial charge in [0, 0.05) is 36.1 Å². The zero-order valence-electron chi connectivity index (χ0n) is 18.0. The third-order valence-electron chi connectivity index (χ3n) is 5.38. The molecule has 0 bridgehead atoms. The van der Waals surface area contributed by atoms with Crippen LogP contribution in [0.2, 0.25) is 0 Å². The molecule has 1 aromatic carbocycles. The Morgan fingerprint density at radius 3 is 2.81 bits per heavy atom. The van der Waals surface area contributed by atoms with Gasteiger partial charge in [-0.2, -0.15) is 0 Å². The molecule has 0 spiro atoms. The Morgan fingerprint density at radius 2 is 2.03 bits per heavy atom. The summed E-state index contributed by atoms with van der Waals surface area (Å²) in [7, 11) is 2.83. The van der Waals surface area contributed by atoms with E-state index in [-0.39, 0.29) is 24.6 Å². The fourth-order valence-corrected chi connectivity index (χ4v) is 3.86. The first-order valence-electron chi connectivity index (χ1n) is 10.2. The second kappa shape index (κ2) is 9.11. The maximum Gasteiger partial charge on any atom is 0.356 e. The number of carbonyl (C=O) groups is 2. The van der Waals surface area contributed by atoms with Crippen molar-refractivity contribution in [3.8, 4) is 0 Å². The SMILES string of the molecule is COCCC(=O)Nc1c(C(=O)OC)n(CCc2c[nH]c3ccccc23)c2ncc(N)cc12. The van der Waals surface area contributed by atoms with Gasteiger partial charge in [-0.1, -0.05) is 18.2 Å². The normalized spacial score (nSPS) is 11.2. The van der Waals surface area contributed by atoms with Gasteiger partial charge >= 0.3 is 5.97 Å². The minimum atomic E-state index is -0.567. The van der Waals surface area contributed by atoms with E-state index in [0.29, 0.717) is 35.4 Å². The topological polar surface area (TPSA) is 124 Å². The molecule has 1 amide bonds. The molecule has 166 valence electrons. The first kappa shape index (κ1) is 21.4. The molecule has 0 radical (unpaired) electrons. The van der Waals surface area contributed by atoms with Crippen molar-refractivity contribution in [2.45, 2.75) is 19.4 Å². The van der Waals surface area contributed by atoms with Crippen molar-refractivity contribution in [2.24, 2.45) is 0 Å². The van der Waals surface area contributed by atoms with Crippen molar-refractivity contribution in [3.63, 3.8) is 0 Å². The number of H-pyrrole nitrogens is 1. The summed E-state index contributed by atoms with van der Waals surface area (Å²) in [6.45, 7) is 0.715. The number of para-hydroxylation sites is 1. The number of rotatable bonds is 8. The molecule has 3 aromatic heterocycles. The number of esters is 1. The van der Waals surface area contributed by atoms with Gasteiger partial charge in [0.15, 0.2) is 5.69 Å². The number of benzene rings is 1. The van der Waals surface area contributed by atoms with Gasteiger partial charge in [-0.15, -0.1) is 0 Å². The van der Waals surface area contributed by atoms with Crippen LogP contribution in [0.5, 0.6) is 0 Å². The van der Waals surface area contributed by atoms with Crippen molar-refractivity contribution >= 4 is 45.2 Å². The summed E-state index contributed by atoms with van der Waals surface area (Å²) in [5.41, 5.74) is 9.65. The average molecular weight is 435 g/mol. The molecule has 0 fully saturated rings. The molecule has 4 aromatic rings. The minimum absolute atomic E-state index is 0.148. The fraction of sp³-hybridized carbons (Fsp3) is 0.261. The second-order valence-electron chi connectivity index (χ2n) is 7.41. The van der Waals surface area contributed by atoms with Crippen molar-refractivity contribution in [1.82, 2.24) is 14.5 Å². The summed E-state index contributed by atoms with van der Waals surface area (Å²) in [6, 6.07) is 9.73. The predicted octanol–water partition coefficient (Wildman–Crippen LogP) is 3.10. The third-order valence-corrected chi connectivity index (χ3v) is 5.38. The maximum absolute atomic E-state index is 12.8. The van der Waals surface area contributed by atoms with Crippen LogP contribution >= 0.6 is 0 Å². The number of nitrogen functional groups attached to an aromatic ring is 1. The van der Waals surface area contributed by atoms with Gasteiger partial charge in [0.25, 0.3) is 0 Å². The molecule has 9 nitrogen and oxygen atoms in total. The van der Waals surface area contributed by atoms with Crippen LogP contribution in [0.4, 0.5) is 11.4 Å². The lowest BCUT2D eigenvalue weighted by molar-refractivity contribution is -0.117. The lowest BCUT2D eigenvalue weighted by atomic mass is 10.1. The number of amides is 1. The van der Waals surface area contributed by atoms with Crippen LogP contribution in [0.3, 0.4) is 0 Å². The minimum Gasteiger partial charge on any atom is -0.464 e. The van der Waals surface area contributed by atoms with E-state index in [9.17, 15) is 9.59 Å². The number of hydrogen-bond donors (Lipinski definition) is 3. The van der Waals surface area contributed by atoms with Gasteiger partial charge < -0.3 is 30.1 Å². The molecule has 0 unspecified atom stereocenters. The van der Waals surface area contributed by atoms with E-state index in [1.54, 1.807) is 10.6 Å². The van der Waals surface area contributed by atoms with Gasteiger partial charge in [-0.05, 0) is 24.1 Å². The highest BCUT2D eigenvalue weighted by Gasteiger charge is 2.26. The lowest BCUT2D eigenvalue weighted by Gasteiger charge is -2.11. The Hall–Kier alpha value is -3.85. The summed E-state index contributed by atoms with van der Waals surface area (Å²) in [4.78, 5) is 33.0. The number of hydrogen-bond acceptors (Lipinski definition) is 6. The van der Waals surface area contributed by atoms with Crippen molar-refractivity contribution in [1.29, 1.82) is 0 Å². The third kappa shape index (κ3) is 4.02. The van der Waals surface area contributed by atoms with Crippen molar-refractivity contribution in [2.75, 3.05) is 31.9 Å².